The first kappa shape index (κ1) is 20.3. The largest absolute Gasteiger partial charge is 0.714 e. The van der Waals surface area contributed by atoms with Crippen LogP contribution in [0.25, 0.3) is 5.32 Å². The van der Waals surface area contributed by atoms with E-state index < -0.39 is 0 Å². The van der Waals surface area contributed by atoms with Crippen LogP contribution < -0.4 is 0 Å². The molecule has 0 amide bonds. The minimum atomic E-state index is 0. The van der Waals surface area contributed by atoms with Crippen LogP contribution in [0.1, 0.15) is 13.8 Å². The maximum absolute atomic E-state index is 4.80. The van der Waals surface area contributed by atoms with Gasteiger partial charge >= 0.3 is 0 Å². The third-order valence-electron chi connectivity index (χ3n) is 1.46. The molecule has 0 aliphatic carbocycles. The molecule has 0 bridgehead atoms. The molecule has 13 heavy (non-hydrogen) atoms. The van der Waals surface area contributed by atoms with Crippen LogP contribution in [0.3, 0.4) is 0 Å². The van der Waals surface area contributed by atoms with Gasteiger partial charge in [-0.05, 0) is 0 Å². The second-order valence-corrected chi connectivity index (χ2v) is 2.95. The van der Waals surface area contributed by atoms with Gasteiger partial charge in [0, 0.05) is 61.3 Å². The minimum Gasteiger partial charge on any atom is -0.714 e. The van der Waals surface area contributed by atoms with Crippen LogP contribution >= 0.6 is 0 Å². The Morgan fingerprint density at radius 2 is 1.23 bits per heavy atom. The van der Waals surface area contributed by atoms with E-state index in [2.05, 4.69) is 19.2 Å². The second kappa shape index (κ2) is 12.0. The van der Waals surface area contributed by atoms with E-state index in [1.165, 1.54) is 11.8 Å². The first-order valence-corrected chi connectivity index (χ1v) is 3.62. The van der Waals surface area contributed by atoms with Crippen LogP contribution in [0.15, 0.2) is 0 Å². The Balaban J connectivity index is -0.000000125. The van der Waals surface area contributed by atoms with Gasteiger partial charge in [-0.2, -0.15) is 13.8 Å². The maximum Gasteiger partial charge on any atom is 0 e. The van der Waals surface area contributed by atoms with E-state index in [9.17, 15) is 0 Å². The molecule has 0 atom stereocenters. The quantitative estimate of drug-likeness (QED) is 0.353. The standard InChI is InChI=1S/C4H7N.C4H7O.3Re/c2*1-4-2-5-3-4;;;/h2*2-3H2,1H3;;;/q-2;-1;;;. The van der Waals surface area contributed by atoms with Crippen molar-refractivity contribution >= 4 is 0 Å². The number of hydrogen-bond donors (Lipinski definition) is 0. The average Bonchev–Trinajstić information content (AvgIpc) is 1.80. The molecule has 2 nitrogen and oxygen atoms in total. The molecule has 81 valence electrons. The molecular formula is C8H14NORe3-3. The number of hydrogen-bond acceptors (Lipinski definition) is 1. The summed E-state index contributed by atoms with van der Waals surface area (Å²) in [6.45, 7) is 8.09. The Hall–Kier alpha value is 1.91. The maximum atomic E-state index is 4.80. The van der Waals surface area contributed by atoms with Crippen LogP contribution in [0.5, 0.6) is 0 Å². The van der Waals surface area contributed by atoms with Gasteiger partial charge in [-0.15, -0.1) is 0 Å². The Labute approximate surface area is 122 Å². The molecule has 0 aromatic carbocycles. The molecule has 0 aromatic heterocycles. The van der Waals surface area contributed by atoms with E-state index in [0.29, 0.717) is 0 Å². The molecule has 5 heteroatoms. The van der Waals surface area contributed by atoms with Gasteiger partial charge in [-0.25, -0.2) is 0 Å². The predicted molar refractivity (Wildman–Crippen MR) is 41.7 cm³/mol. The van der Waals surface area contributed by atoms with Gasteiger partial charge in [-0.1, -0.05) is 13.2 Å². The topological polar surface area (TPSA) is 23.3 Å². The van der Waals surface area contributed by atoms with Crippen LogP contribution in [-0.2, 0) is 66.0 Å². The molecule has 0 saturated carbocycles. The van der Waals surface area contributed by atoms with Crippen molar-refractivity contribution in [2.45, 2.75) is 13.8 Å². The van der Waals surface area contributed by atoms with Crippen molar-refractivity contribution < 1.29 is 66.0 Å². The monoisotopic (exact) mass is 701 g/mol. The molecule has 3 radical (unpaired) electrons. The first-order valence-electron chi connectivity index (χ1n) is 3.62. The van der Waals surface area contributed by atoms with Crippen molar-refractivity contribution in [3.05, 3.63) is 17.2 Å². The molecular weight excluding hydrogens is 685 g/mol. The molecule has 2 rings (SSSR count). The van der Waals surface area contributed by atoms with Gasteiger partial charge in [-0.3, -0.25) is 19.0 Å². The molecule has 0 unspecified atom stereocenters. The Bertz CT molecular complexity index is 85.4. The predicted octanol–water partition coefficient (Wildman–Crippen LogP) is 1.57. The minimum absolute atomic E-state index is 0. The summed E-state index contributed by atoms with van der Waals surface area (Å²) in [5.74, 6) is 2.98. The van der Waals surface area contributed by atoms with Crippen LogP contribution in [0, 0.1) is 11.8 Å². The van der Waals surface area contributed by atoms with E-state index >= 15 is 0 Å². The van der Waals surface area contributed by atoms with Crippen molar-refractivity contribution in [2.24, 2.45) is 0 Å². The van der Waals surface area contributed by atoms with Crippen LogP contribution in [-0.4, -0.2) is 26.3 Å². The van der Waals surface area contributed by atoms with Crippen molar-refractivity contribution in [3.63, 3.8) is 0 Å². The van der Waals surface area contributed by atoms with Gasteiger partial charge in [0.25, 0.3) is 0 Å². The van der Waals surface area contributed by atoms with E-state index in [0.717, 1.165) is 26.3 Å². The molecule has 2 fully saturated rings. The van der Waals surface area contributed by atoms with E-state index in [4.69, 9.17) is 4.74 Å². The van der Waals surface area contributed by atoms with Crippen molar-refractivity contribution in [1.29, 1.82) is 0 Å². The van der Waals surface area contributed by atoms with Gasteiger partial charge in [0.2, 0.25) is 0 Å². The molecule has 0 spiro atoms. The van der Waals surface area contributed by atoms with Gasteiger partial charge in [0.1, 0.15) is 0 Å². The molecule has 0 N–H and O–H groups in total. The summed E-state index contributed by atoms with van der Waals surface area (Å²) >= 11 is 0. The van der Waals surface area contributed by atoms with Crippen LogP contribution in [0.2, 0.25) is 0 Å². The molecule has 2 aliphatic heterocycles. The third kappa shape index (κ3) is 10.2. The first-order chi connectivity index (χ1) is 4.79. The van der Waals surface area contributed by atoms with Crippen LogP contribution in [0.4, 0.5) is 0 Å². The molecule has 2 heterocycles. The van der Waals surface area contributed by atoms with Crippen molar-refractivity contribution in [3.8, 4) is 0 Å². The number of rotatable bonds is 0. The zero-order chi connectivity index (χ0) is 7.40. The zero-order valence-electron chi connectivity index (χ0n) is 7.82. The number of nitrogens with zero attached hydrogens (tertiary/aromatic N) is 1. The van der Waals surface area contributed by atoms with Gasteiger partial charge in [0.05, 0.1) is 0 Å². The Morgan fingerprint density at radius 1 is 0.923 bits per heavy atom. The zero-order valence-corrected chi connectivity index (χ0v) is 16.0. The summed E-state index contributed by atoms with van der Waals surface area (Å²) < 4.78 is 4.80. The summed E-state index contributed by atoms with van der Waals surface area (Å²) in [6.07, 6.45) is 0. The molecule has 2 aliphatic rings. The third-order valence-corrected chi connectivity index (χ3v) is 1.46. The number of ether oxygens (including phenoxy) is 1. The normalized spacial score (nSPS) is 19.8. The summed E-state index contributed by atoms with van der Waals surface area (Å²) in [5.41, 5.74) is 0. The Kier molecular flexibility index (Phi) is 18.7. The smallest absolute Gasteiger partial charge is 0 e. The fraction of sp³-hybridized carbons (Fsp3) is 0.750. The van der Waals surface area contributed by atoms with Crippen molar-refractivity contribution in [1.82, 2.24) is 0 Å². The fourth-order valence-electron chi connectivity index (χ4n) is 0.642. The summed E-state index contributed by atoms with van der Waals surface area (Å²) in [5, 5.41) is 3.96. The fourth-order valence-corrected chi connectivity index (χ4v) is 0.642. The molecule has 0 aromatic rings. The van der Waals surface area contributed by atoms with E-state index in [1.54, 1.807) is 0 Å². The second-order valence-electron chi connectivity index (χ2n) is 2.95. The van der Waals surface area contributed by atoms with Gasteiger partial charge < -0.3 is 16.0 Å². The molecule has 2 saturated heterocycles. The summed E-state index contributed by atoms with van der Waals surface area (Å²) in [7, 11) is 0. The summed E-state index contributed by atoms with van der Waals surface area (Å²) in [6, 6.07) is 0. The SMILES string of the molecule is C[C-]1COC1.C[C-]1C[N-]C1.[Re].[Re].[Re]. The van der Waals surface area contributed by atoms with E-state index in [1.807, 2.05) is 0 Å². The Morgan fingerprint density at radius 3 is 1.23 bits per heavy atom. The van der Waals surface area contributed by atoms with Gasteiger partial charge in [0.15, 0.2) is 0 Å². The summed E-state index contributed by atoms with van der Waals surface area (Å²) in [4.78, 5) is 0. The van der Waals surface area contributed by atoms with Crippen molar-refractivity contribution in [2.75, 3.05) is 26.3 Å². The average molecular weight is 699 g/mol. The van der Waals surface area contributed by atoms with E-state index in [-0.39, 0.29) is 61.3 Å².